The summed E-state index contributed by atoms with van der Waals surface area (Å²) in [5, 5.41) is 0.504. The van der Waals surface area contributed by atoms with E-state index in [2.05, 4.69) is 48.5 Å². The van der Waals surface area contributed by atoms with E-state index in [1.807, 2.05) is 32.0 Å². The van der Waals surface area contributed by atoms with Crippen molar-refractivity contribution < 1.29 is 0 Å². The van der Waals surface area contributed by atoms with Gasteiger partial charge in [-0.2, -0.15) is 0 Å². The maximum atomic E-state index is 6.07. The van der Waals surface area contributed by atoms with E-state index in [1.165, 1.54) is 5.56 Å². The molecule has 0 saturated heterocycles. The van der Waals surface area contributed by atoms with Gasteiger partial charge in [0.05, 0.1) is 9.26 Å². The molecule has 0 aliphatic carbocycles. The van der Waals surface area contributed by atoms with Crippen molar-refractivity contribution >= 4 is 50.1 Å². The minimum atomic E-state index is 0.504. The number of hydrogen-bond acceptors (Lipinski definition) is 2. The summed E-state index contributed by atoms with van der Waals surface area (Å²) in [5.41, 5.74) is 3.04. The van der Waals surface area contributed by atoms with E-state index in [0.29, 0.717) is 11.0 Å². The molecule has 0 unspecified atom stereocenters. The predicted octanol–water partition coefficient (Wildman–Crippen LogP) is 4.78. The Kier molecular flexibility index (Phi) is 4.05. The Hall–Kier alpha value is -0.200. The molecule has 0 saturated carbocycles. The van der Waals surface area contributed by atoms with Crippen molar-refractivity contribution in [3.63, 3.8) is 0 Å². The van der Waals surface area contributed by atoms with Gasteiger partial charge in [-0.1, -0.05) is 39.7 Å². The van der Waals surface area contributed by atoms with E-state index < -0.39 is 0 Å². The van der Waals surface area contributed by atoms with Crippen LogP contribution in [0.5, 0.6) is 0 Å². The van der Waals surface area contributed by atoms with Gasteiger partial charge in [-0.05, 0) is 48.1 Å². The van der Waals surface area contributed by atoms with Gasteiger partial charge in [0.1, 0.15) is 5.15 Å². The normalized spacial score (nSPS) is 10.6. The van der Waals surface area contributed by atoms with Crippen LogP contribution in [0.3, 0.4) is 0 Å². The molecule has 1 heterocycles. The Morgan fingerprint density at radius 2 is 1.94 bits per heavy atom. The number of hydrogen-bond donors (Lipinski definition) is 0. The molecule has 0 atom stereocenters. The van der Waals surface area contributed by atoms with E-state index >= 15 is 0 Å². The predicted molar refractivity (Wildman–Crippen MR) is 82.4 cm³/mol. The van der Waals surface area contributed by atoms with Gasteiger partial charge in [0.25, 0.3) is 0 Å². The maximum Gasteiger partial charge on any atom is 0.161 e. The smallest absolute Gasteiger partial charge is 0.161 e. The summed E-state index contributed by atoms with van der Waals surface area (Å²) in [6, 6.07) is 6.04. The standard InChI is InChI=1S/C12H9BrClIN2/c1-6-3-4-8(5-9(6)13)12-16-7(2)10(15)11(14)17-12/h3-5H,1-2H3. The first-order valence-corrected chi connectivity index (χ1v) is 7.20. The highest BCUT2D eigenvalue weighted by Crippen LogP contribution is 2.26. The van der Waals surface area contributed by atoms with Crippen molar-refractivity contribution in [2.75, 3.05) is 0 Å². The van der Waals surface area contributed by atoms with Gasteiger partial charge < -0.3 is 0 Å². The summed E-state index contributed by atoms with van der Waals surface area (Å²) in [6.45, 7) is 3.98. The fraction of sp³-hybridized carbons (Fsp3) is 0.167. The minimum absolute atomic E-state index is 0.504. The van der Waals surface area contributed by atoms with Crippen LogP contribution >= 0.6 is 50.1 Å². The Balaban J connectivity index is 2.57. The third-order valence-corrected chi connectivity index (χ3v) is 5.14. The highest BCUT2D eigenvalue weighted by Gasteiger charge is 2.09. The number of halogens is 3. The largest absolute Gasteiger partial charge is 0.232 e. The van der Waals surface area contributed by atoms with Crippen LogP contribution in [0, 0.1) is 17.4 Å². The van der Waals surface area contributed by atoms with Crippen LogP contribution in [-0.4, -0.2) is 9.97 Å². The first kappa shape index (κ1) is 13.2. The third-order valence-electron chi connectivity index (χ3n) is 2.41. The first-order valence-electron chi connectivity index (χ1n) is 4.95. The molecule has 88 valence electrons. The highest BCUT2D eigenvalue weighted by atomic mass is 127. The van der Waals surface area contributed by atoms with E-state index in [-0.39, 0.29) is 0 Å². The molecule has 0 spiro atoms. The number of rotatable bonds is 1. The SMILES string of the molecule is Cc1ccc(-c2nc(C)c(I)c(Cl)n2)cc1Br. The molecule has 2 rings (SSSR count). The van der Waals surface area contributed by atoms with Crippen molar-refractivity contribution in [1.29, 1.82) is 0 Å². The van der Waals surface area contributed by atoms with Crippen LogP contribution in [-0.2, 0) is 0 Å². The van der Waals surface area contributed by atoms with Crippen molar-refractivity contribution in [1.82, 2.24) is 9.97 Å². The fourth-order valence-corrected chi connectivity index (χ4v) is 2.22. The van der Waals surface area contributed by atoms with E-state index in [4.69, 9.17) is 11.6 Å². The lowest BCUT2D eigenvalue weighted by molar-refractivity contribution is 1.09. The van der Waals surface area contributed by atoms with Crippen LogP contribution in [0.4, 0.5) is 0 Å². The number of aryl methyl sites for hydroxylation is 2. The van der Waals surface area contributed by atoms with Crippen molar-refractivity contribution in [3.05, 3.63) is 42.7 Å². The molecular formula is C12H9BrClIN2. The van der Waals surface area contributed by atoms with E-state index in [1.54, 1.807) is 0 Å². The van der Waals surface area contributed by atoms with E-state index in [9.17, 15) is 0 Å². The molecule has 0 bridgehead atoms. The van der Waals surface area contributed by atoms with Gasteiger partial charge in [0, 0.05) is 10.0 Å². The average molecular weight is 423 g/mol. The number of nitrogens with zero attached hydrogens (tertiary/aromatic N) is 2. The van der Waals surface area contributed by atoms with Crippen LogP contribution in [0.25, 0.3) is 11.4 Å². The average Bonchev–Trinajstić information content (AvgIpc) is 2.29. The Morgan fingerprint density at radius 3 is 2.53 bits per heavy atom. The Morgan fingerprint density at radius 1 is 1.24 bits per heavy atom. The molecule has 0 amide bonds. The second-order valence-corrected chi connectivity index (χ2v) is 5.99. The minimum Gasteiger partial charge on any atom is -0.232 e. The zero-order valence-electron chi connectivity index (χ0n) is 9.26. The van der Waals surface area contributed by atoms with E-state index in [0.717, 1.165) is 19.3 Å². The van der Waals surface area contributed by atoms with Gasteiger partial charge in [-0.15, -0.1) is 0 Å². The second kappa shape index (κ2) is 5.20. The topological polar surface area (TPSA) is 25.8 Å². The molecule has 1 aromatic heterocycles. The van der Waals surface area contributed by atoms with Crippen molar-refractivity contribution in [2.24, 2.45) is 0 Å². The molecule has 2 aromatic rings. The monoisotopic (exact) mass is 422 g/mol. The fourth-order valence-electron chi connectivity index (χ4n) is 1.39. The zero-order chi connectivity index (χ0) is 12.6. The van der Waals surface area contributed by atoms with Crippen LogP contribution in [0.1, 0.15) is 11.3 Å². The molecule has 0 N–H and O–H groups in total. The molecule has 17 heavy (non-hydrogen) atoms. The van der Waals surface area contributed by atoms with Crippen molar-refractivity contribution in [3.8, 4) is 11.4 Å². The quantitative estimate of drug-likeness (QED) is 0.487. The lowest BCUT2D eigenvalue weighted by Gasteiger charge is -2.06. The molecule has 1 aromatic carbocycles. The maximum absolute atomic E-state index is 6.07. The molecule has 0 radical (unpaired) electrons. The third kappa shape index (κ3) is 2.80. The molecule has 0 aliphatic heterocycles. The molecule has 0 aliphatic rings. The molecule has 2 nitrogen and oxygen atoms in total. The summed E-state index contributed by atoms with van der Waals surface area (Å²) in [7, 11) is 0. The summed E-state index contributed by atoms with van der Waals surface area (Å²) in [4.78, 5) is 8.75. The van der Waals surface area contributed by atoms with Crippen LogP contribution in [0.15, 0.2) is 22.7 Å². The second-order valence-electron chi connectivity index (χ2n) is 3.70. The summed E-state index contributed by atoms with van der Waals surface area (Å²) in [5.74, 6) is 0.661. The summed E-state index contributed by atoms with van der Waals surface area (Å²) >= 11 is 11.7. The Bertz CT molecular complexity index is 564. The van der Waals surface area contributed by atoms with Crippen LogP contribution < -0.4 is 0 Å². The van der Waals surface area contributed by atoms with Gasteiger partial charge in [0.2, 0.25) is 0 Å². The molecule has 0 fully saturated rings. The van der Waals surface area contributed by atoms with Gasteiger partial charge in [-0.3, -0.25) is 0 Å². The highest BCUT2D eigenvalue weighted by molar-refractivity contribution is 14.1. The van der Waals surface area contributed by atoms with Crippen LogP contribution in [0.2, 0.25) is 5.15 Å². The Labute approximate surface area is 127 Å². The summed E-state index contributed by atoms with van der Waals surface area (Å²) < 4.78 is 1.95. The summed E-state index contributed by atoms with van der Waals surface area (Å²) in [6.07, 6.45) is 0. The zero-order valence-corrected chi connectivity index (χ0v) is 13.8. The number of aromatic nitrogens is 2. The van der Waals surface area contributed by atoms with Gasteiger partial charge >= 0.3 is 0 Å². The molecule has 5 heteroatoms. The van der Waals surface area contributed by atoms with Gasteiger partial charge in [0.15, 0.2) is 5.82 Å². The lowest BCUT2D eigenvalue weighted by atomic mass is 10.1. The number of benzene rings is 1. The molecular weight excluding hydrogens is 414 g/mol. The lowest BCUT2D eigenvalue weighted by Crippen LogP contribution is -1.96. The van der Waals surface area contributed by atoms with Crippen molar-refractivity contribution in [2.45, 2.75) is 13.8 Å². The van der Waals surface area contributed by atoms with Gasteiger partial charge in [-0.25, -0.2) is 9.97 Å². The first-order chi connectivity index (χ1) is 7.99.